The van der Waals surface area contributed by atoms with Gasteiger partial charge in [-0.15, -0.1) is 0 Å². The third-order valence-corrected chi connectivity index (χ3v) is 2.29. The molecule has 0 fully saturated rings. The van der Waals surface area contributed by atoms with E-state index in [0.29, 0.717) is 12.8 Å². The summed E-state index contributed by atoms with van der Waals surface area (Å²) in [5, 5.41) is 0. The highest BCUT2D eigenvalue weighted by Gasteiger charge is 2.18. The zero-order valence-corrected chi connectivity index (χ0v) is 11.0. The summed E-state index contributed by atoms with van der Waals surface area (Å²) < 4.78 is 4.43. The van der Waals surface area contributed by atoms with Crippen molar-refractivity contribution >= 4 is 18.0 Å². The summed E-state index contributed by atoms with van der Waals surface area (Å²) in [7, 11) is 1.28. The fourth-order valence-corrected chi connectivity index (χ4v) is 1.16. The van der Waals surface area contributed by atoms with Gasteiger partial charge in [-0.1, -0.05) is 6.08 Å². The van der Waals surface area contributed by atoms with Crippen LogP contribution in [0.15, 0.2) is 17.1 Å². The van der Waals surface area contributed by atoms with Crippen molar-refractivity contribution in [2.24, 2.45) is 4.99 Å². The number of allylic oxidation sites excluding steroid dienone is 2. The second-order valence-corrected chi connectivity index (χ2v) is 4.41. The van der Waals surface area contributed by atoms with E-state index in [9.17, 15) is 9.59 Å². The normalized spacial score (nSPS) is 12.2. The summed E-state index contributed by atoms with van der Waals surface area (Å²) in [4.78, 5) is 26.6. The summed E-state index contributed by atoms with van der Waals surface area (Å²) in [6.45, 7) is 5.83. The molecule has 0 aliphatic heterocycles. The molecule has 96 valence electrons. The van der Waals surface area contributed by atoms with E-state index in [1.165, 1.54) is 7.11 Å². The molecule has 0 unspecified atom stereocenters. The minimum Gasteiger partial charge on any atom is -0.469 e. The molecule has 4 nitrogen and oxygen atoms in total. The molecule has 0 aliphatic carbocycles. The van der Waals surface area contributed by atoms with Gasteiger partial charge in [-0.25, -0.2) is 0 Å². The number of hydrogen-bond donors (Lipinski definition) is 0. The first kappa shape index (κ1) is 15.6. The van der Waals surface area contributed by atoms with Crippen LogP contribution in [0.1, 0.15) is 40.0 Å². The average molecular weight is 239 g/mol. The monoisotopic (exact) mass is 239 g/mol. The van der Waals surface area contributed by atoms with Crippen LogP contribution in [-0.2, 0) is 14.3 Å². The molecule has 0 aliphatic rings. The first-order valence-electron chi connectivity index (χ1n) is 5.66. The van der Waals surface area contributed by atoms with Crippen molar-refractivity contribution in [2.45, 2.75) is 45.6 Å². The highest BCUT2D eigenvalue weighted by molar-refractivity contribution is 5.95. The first-order valence-corrected chi connectivity index (χ1v) is 5.66. The molecule has 0 saturated heterocycles. The Morgan fingerprint density at radius 2 is 2.00 bits per heavy atom. The minimum absolute atomic E-state index is 0.105. The topological polar surface area (TPSA) is 55.7 Å². The number of aliphatic imine (C=N–C) groups is 1. The van der Waals surface area contributed by atoms with Gasteiger partial charge >= 0.3 is 5.97 Å². The smallest absolute Gasteiger partial charge is 0.313 e. The van der Waals surface area contributed by atoms with E-state index in [4.69, 9.17) is 0 Å². The van der Waals surface area contributed by atoms with Crippen LogP contribution in [0.4, 0.5) is 0 Å². The quantitative estimate of drug-likeness (QED) is 0.389. The van der Waals surface area contributed by atoms with E-state index in [2.05, 4.69) is 9.73 Å². The van der Waals surface area contributed by atoms with Crippen LogP contribution in [0.3, 0.4) is 0 Å². The van der Waals surface area contributed by atoms with Crippen LogP contribution >= 0.6 is 0 Å². The van der Waals surface area contributed by atoms with Crippen molar-refractivity contribution in [3.05, 3.63) is 12.2 Å². The lowest BCUT2D eigenvalue weighted by Crippen LogP contribution is -2.19. The molecule has 0 spiro atoms. The first-order chi connectivity index (χ1) is 7.91. The van der Waals surface area contributed by atoms with Crippen molar-refractivity contribution in [2.75, 3.05) is 7.11 Å². The van der Waals surface area contributed by atoms with Gasteiger partial charge in [-0.3, -0.25) is 14.6 Å². The van der Waals surface area contributed by atoms with E-state index < -0.39 is 5.97 Å². The summed E-state index contributed by atoms with van der Waals surface area (Å²) in [5.74, 6) is -0.587. The van der Waals surface area contributed by atoms with Gasteiger partial charge in [0.2, 0.25) is 0 Å². The van der Waals surface area contributed by atoms with Gasteiger partial charge in [0.25, 0.3) is 0 Å². The summed E-state index contributed by atoms with van der Waals surface area (Å²) in [6.07, 6.45) is 6.28. The van der Waals surface area contributed by atoms with Crippen LogP contribution in [0.5, 0.6) is 0 Å². The summed E-state index contributed by atoms with van der Waals surface area (Å²) in [5.41, 5.74) is -0.286. The van der Waals surface area contributed by atoms with Gasteiger partial charge < -0.3 is 4.74 Å². The van der Waals surface area contributed by atoms with Crippen LogP contribution in [0.25, 0.3) is 0 Å². The second-order valence-electron chi connectivity index (χ2n) is 4.41. The van der Waals surface area contributed by atoms with E-state index in [0.717, 1.165) is 0 Å². The van der Waals surface area contributed by atoms with Gasteiger partial charge in [0.1, 0.15) is 12.2 Å². The molecule has 0 aromatic heterocycles. The number of esters is 1. The Labute approximate surface area is 103 Å². The molecule has 0 bridgehead atoms. The lowest BCUT2D eigenvalue weighted by molar-refractivity contribution is -0.143. The van der Waals surface area contributed by atoms with E-state index in [1.807, 2.05) is 32.9 Å². The zero-order valence-electron chi connectivity index (χ0n) is 11.0. The molecule has 17 heavy (non-hydrogen) atoms. The van der Waals surface area contributed by atoms with Crippen molar-refractivity contribution in [1.29, 1.82) is 0 Å². The van der Waals surface area contributed by atoms with Gasteiger partial charge in [0.15, 0.2) is 0 Å². The molecule has 0 N–H and O–H groups in total. The van der Waals surface area contributed by atoms with Crippen LogP contribution < -0.4 is 0 Å². The predicted octanol–water partition coefficient (Wildman–Crippen LogP) is 2.32. The number of nitrogens with zero attached hydrogens (tertiary/aromatic N) is 1. The number of ether oxygens (including phenoxy) is 1. The van der Waals surface area contributed by atoms with Gasteiger partial charge in [0.05, 0.1) is 12.6 Å². The Balaban J connectivity index is 4.08. The van der Waals surface area contributed by atoms with E-state index >= 15 is 0 Å². The summed E-state index contributed by atoms with van der Waals surface area (Å²) in [6, 6.07) is 0. The lowest BCUT2D eigenvalue weighted by Gasteiger charge is -2.18. The third kappa shape index (κ3) is 8.37. The number of Topliss-reactive ketones (excluding diaryl/α,β-unsaturated/α-hetero) is 1. The van der Waals surface area contributed by atoms with Crippen molar-refractivity contribution in [1.82, 2.24) is 0 Å². The zero-order chi connectivity index (χ0) is 13.3. The highest BCUT2D eigenvalue weighted by Crippen LogP contribution is 2.17. The van der Waals surface area contributed by atoms with Crippen molar-refractivity contribution < 1.29 is 14.3 Å². The fourth-order valence-electron chi connectivity index (χ4n) is 1.16. The molecule has 0 heterocycles. The van der Waals surface area contributed by atoms with E-state index in [1.54, 1.807) is 6.21 Å². The molecule has 0 atom stereocenters. The predicted molar refractivity (Wildman–Crippen MR) is 68.3 cm³/mol. The van der Waals surface area contributed by atoms with Gasteiger partial charge in [-0.2, -0.15) is 0 Å². The molecule has 0 rings (SSSR count). The van der Waals surface area contributed by atoms with E-state index in [-0.39, 0.29) is 17.7 Å². The number of methoxy groups -OCH3 is 1. The number of ketones is 1. The lowest BCUT2D eigenvalue weighted by atomic mass is 9.97. The molecule has 0 amide bonds. The van der Waals surface area contributed by atoms with Gasteiger partial charge in [0, 0.05) is 12.6 Å². The van der Waals surface area contributed by atoms with Crippen LogP contribution in [0.2, 0.25) is 0 Å². The second kappa shape index (κ2) is 7.76. The third-order valence-electron chi connectivity index (χ3n) is 2.29. The van der Waals surface area contributed by atoms with Crippen molar-refractivity contribution in [3.63, 3.8) is 0 Å². The average Bonchev–Trinajstić information content (AvgIpc) is 2.26. The fraction of sp³-hybridized carbons (Fsp3) is 0.615. The Bertz CT molecular complexity index is 317. The number of hydrogen-bond acceptors (Lipinski definition) is 4. The Morgan fingerprint density at radius 3 is 2.53 bits per heavy atom. The Hall–Kier alpha value is -1.45. The summed E-state index contributed by atoms with van der Waals surface area (Å²) >= 11 is 0. The molecule has 0 saturated carbocycles. The standard InChI is InChI=1S/C13H21NO3/c1-5-6-9-14-13(2,3)8-7-11(15)10-12(16)17-4/h5-6,9H,7-8,10H2,1-4H3/b6-5+,14-9?. The largest absolute Gasteiger partial charge is 0.469 e. The molecule has 0 aromatic rings. The van der Waals surface area contributed by atoms with Crippen molar-refractivity contribution in [3.8, 4) is 0 Å². The Morgan fingerprint density at radius 1 is 1.35 bits per heavy atom. The maximum atomic E-state index is 11.4. The number of carbonyl (C=O) groups excluding carboxylic acids is 2. The molecule has 4 heteroatoms. The number of rotatable bonds is 7. The van der Waals surface area contributed by atoms with Crippen LogP contribution in [0, 0.1) is 0 Å². The molecular weight excluding hydrogens is 218 g/mol. The van der Waals surface area contributed by atoms with Crippen LogP contribution in [-0.4, -0.2) is 30.6 Å². The molecule has 0 aromatic carbocycles. The van der Waals surface area contributed by atoms with Gasteiger partial charge in [-0.05, 0) is 33.3 Å². The minimum atomic E-state index is -0.481. The molecular formula is C13H21NO3. The maximum Gasteiger partial charge on any atom is 0.313 e. The maximum absolute atomic E-state index is 11.4. The Kier molecular flexibility index (Phi) is 7.10. The number of carbonyl (C=O) groups is 2. The molecule has 0 radical (unpaired) electrons. The SMILES string of the molecule is C/C=C/C=NC(C)(C)CCC(=O)CC(=O)OC. The highest BCUT2D eigenvalue weighted by atomic mass is 16.5.